The highest BCUT2D eigenvalue weighted by Gasteiger charge is 2.60. The van der Waals surface area contributed by atoms with Crippen LogP contribution in [-0.4, -0.2) is 127 Å². The molecule has 0 aromatic carbocycles. The van der Waals surface area contributed by atoms with Crippen LogP contribution in [-0.2, 0) is 33.3 Å². The third-order valence-corrected chi connectivity index (χ3v) is 10.6. The van der Waals surface area contributed by atoms with Crippen molar-refractivity contribution in [2.75, 3.05) is 33.8 Å². The van der Waals surface area contributed by atoms with Crippen LogP contribution in [0.5, 0.6) is 0 Å². The van der Waals surface area contributed by atoms with Gasteiger partial charge in [0.15, 0.2) is 11.9 Å². The standard InChI is InChI=1S/C34H53N3O9/c1-11-15-42-29-20(5)27-21(6)31-34(8,46-33(41)37(31)14-13-35-27)25(12-2)44-26(39)17-24(38)19(4)30(22(29)7)45-32-28(40)23(36(9)10)16-18(3)43-32/h1,18-23,25,28-32,40H,12-17H2,2-10H3/t18-,19+,20+,21+,22+,23+,25-,28-,29+,30-,31?,32+,34-/m1/s1. The van der Waals surface area contributed by atoms with Gasteiger partial charge in [0.05, 0.1) is 30.9 Å². The molecule has 4 heterocycles. The molecule has 2 bridgehead atoms. The summed E-state index contributed by atoms with van der Waals surface area (Å²) in [5.41, 5.74) is -0.359. The summed E-state index contributed by atoms with van der Waals surface area (Å²) in [6, 6.07) is -0.707. The van der Waals surface area contributed by atoms with Crippen molar-refractivity contribution in [3.8, 4) is 12.3 Å². The Kier molecular flexibility index (Phi) is 11.6. The molecule has 46 heavy (non-hydrogen) atoms. The van der Waals surface area contributed by atoms with E-state index in [9.17, 15) is 19.5 Å². The Hall–Kier alpha value is -2.56. The van der Waals surface area contributed by atoms with Crippen molar-refractivity contribution in [3.63, 3.8) is 0 Å². The Labute approximate surface area is 273 Å². The van der Waals surface area contributed by atoms with Gasteiger partial charge >= 0.3 is 12.1 Å². The number of ether oxygens (including phenoxy) is 5. The number of likely N-dealkylation sites (N-methyl/N-ethyl adjacent to an activating group) is 1. The number of fused-ring (bicyclic) bond motifs is 1. The highest BCUT2D eigenvalue weighted by molar-refractivity contribution is 5.97. The van der Waals surface area contributed by atoms with Crippen LogP contribution in [0.3, 0.4) is 0 Å². The van der Waals surface area contributed by atoms with E-state index in [4.69, 9.17) is 35.1 Å². The highest BCUT2D eigenvalue weighted by Crippen LogP contribution is 2.43. The van der Waals surface area contributed by atoms with Gasteiger partial charge in [-0.1, -0.05) is 40.5 Å². The third-order valence-electron chi connectivity index (χ3n) is 10.6. The van der Waals surface area contributed by atoms with Crippen molar-refractivity contribution >= 4 is 23.6 Å². The summed E-state index contributed by atoms with van der Waals surface area (Å²) in [5, 5.41) is 11.3. The van der Waals surface area contributed by atoms with Crippen LogP contribution in [0.4, 0.5) is 4.79 Å². The molecule has 1 amide bonds. The molecule has 0 spiro atoms. The molecule has 0 aliphatic carbocycles. The number of ketones is 1. The highest BCUT2D eigenvalue weighted by atomic mass is 16.7. The summed E-state index contributed by atoms with van der Waals surface area (Å²) < 4.78 is 31.0. The lowest BCUT2D eigenvalue weighted by Crippen LogP contribution is -2.58. The van der Waals surface area contributed by atoms with Crippen molar-refractivity contribution in [2.45, 2.75) is 122 Å². The number of nitrogens with zero attached hydrogens (tertiary/aromatic N) is 3. The summed E-state index contributed by atoms with van der Waals surface area (Å²) in [7, 11) is 3.78. The van der Waals surface area contributed by atoms with E-state index in [2.05, 4.69) is 5.92 Å². The lowest BCUT2D eigenvalue weighted by molar-refractivity contribution is -0.281. The van der Waals surface area contributed by atoms with E-state index >= 15 is 0 Å². The predicted octanol–water partition coefficient (Wildman–Crippen LogP) is 2.69. The molecule has 1 unspecified atom stereocenters. The number of cyclic esters (lactones) is 1. The van der Waals surface area contributed by atoms with Gasteiger partial charge in [0.1, 0.15) is 31.0 Å². The maximum absolute atomic E-state index is 13.8. The maximum Gasteiger partial charge on any atom is 0.410 e. The molecule has 1 N–H and O–H groups in total. The van der Waals surface area contributed by atoms with Gasteiger partial charge in [-0.3, -0.25) is 19.5 Å². The molecule has 4 aliphatic rings. The van der Waals surface area contributed by atoms with Gasteiger partial charge in [-0.2, -0.15) is 0 Å². The van der Waals surface area contributed by atoms with Gasteiger partial charge in [-0.25, -0.2) is 4.79 Å². The molecule has 13 atom stereocenters. The summed E-state index contributed by atoms with van der Waals surface area (Å²) in [6.07, 6.45) is 1.26. The first-order valence-electron chi connectivity index (χ1n) is 16.6. The normalized spacial score (nSPS) is 42.4. The molecule has 4 rings (SSSR count). The van der Waals surface area contributed by atoms with Crippen LogP contribution in [0.15, 0.2) is 4.99 Å². The minimum atomic E-state index is -1.18. The Bertz CT molecular complexity index is 1200. The fraction of sp³-hybridized carbons (Fsp3) is 0.824. The molecule has 258 valence electrons. The fourth-order valence-corrected chi connectivity index (χ4v) is 8.18. The average molecular weight is 648 g/mol. The van der Waals surface area contributed by atoms with Crippen molar-refractivity contribution < 1.29 is 43.2 Å². The fourth-order valence-electron chi connectivity index (χ4n) is 8.18. The van der Waals surface area contributed by atoms with Crippen LogP contribution in [0.1, 0.15) is 67.7 Å². The van der Waals surface area contributed by atoms with E-state index in [0.717, 1.165) is 5.71 Å². The summed E-state index contributed by atoms with van der Waals surface area (Å²) in [4.78, 5) is 49.0. The van der Waals surface area contributed by atoms with E-state index in [-0.39, 0.29) is 30.6 Å². The number of carbonyl (C=O) groups is 3. The number of aliphatic hydroxyl groups is 1. The van der Waals surface area contributed by atoms with Crippen LogP contribution in [0.25, 0.3) is 0 Å². The molecule has 12 heteroatoms. The summed E-state index contributed by atoms with van der Waals surface area (Å²) in [6.45, 7) is 14.0. The first-order chi connectivity index (χ1) is 21.7. The lowest BCUT2D eigenvalue weighted by atomic mass is 9.73. The van der Waals surface area contributed by atoms with Gasteiger partial charge in [0.25, 0.3) is 0 Å². The van der Waals surface area contributed by atoms with E-state index < -0.39 is 78.5 Å². The molecule has 0 aromatic rings. The van der Waals surface area contributed by atoms with Gasteiger partial charge in [-0.15, -0.1) is 6.42 Å². The monoisotopic (exact) mass is 647 g/mol. The van der Waals surface area contributed by atoms with Crippen LogP contribution < -0.4 is 0 Å². The predicted molar refractivity (Wildman–Crippen MR) is 170 cm³/mol. The molecular weight excluding hydrogens is 594 g/mol. The molecule has 0 saturated carbocycles. The smallest absolute Gasteiger partial charge is 0.410 e. The average Bonchev–Trinajstić information content (AvgIpc) is 3.12. The third kappa shape index (κ3) is 6.99. The van der Waals surface area contributed by atoms with E-state index in [1.807, 2.05) is 53.6 Å². The number of aliphatic imine (C=N–C) groups is 1. The lowest BCUT2D eigenvalue weighted by Gasteiger charge is -2.45. The number of esters is 1. The number of terminal acetylenes is 1. The van der Waals surface area contributed by atoms with Crippen molar-refractivity contribution in [3.05, 3.63) is 0 Å². The Morgan fingerprint density at radius 3 is 2.43 bits per heavy atom. The van der Waals surface area contributed by atoms with Gasteiger partial charge < -0.3 is 33.7 Å². The molecular formula is C34H53N3O9. The van der Waals surface area contributed by atoms with E-state index in [0.29, 0.717) is 25.9 Å². The zero-order valence-electron chi connectivity index (χ0n) is 28.8. The largest absolute Gasteiger partial charge is 0.458 e. The minimum Gasteiger partial charge on any atom is -0.458 e. The number of carbonyl (C=O) groups excluding carboxylic acids is 3. The quantitative estimate of drug-likeness (QED) is 0.260. The van der Waals surface area contributed by atoms with Gasteiger partial charge in [-0.05, 0) is 40.8 Å². The first kappa shape index (κ1) is 36.3. The topological polar surface area (TPSA) is 136 Å². The number of hydrogen-bond acceptors (Lipinski definition) is 11. The number of amides is 1. The molecule has 0 radical (unpaired) electrons. The second-order valence-electron chi connectivity index (χ2n) is 13.9. The Morgan fingerprint density at radius 1 is 1.11 bits per heavy atom. The van der Waals surface area contributed by atoms with Crippen LogP contribution in [0.2, 0.25) is 0 Å². The van der Waals surface area contributed by atoms with Crippen LogP contribution >= 0.6 is 0 Å². The Morgan fingerprint density at radius 2 is 1.80 bits per heavy atom. The zero-order chi connectivity index (χ0) is 34.1. The number of Topliss-reactive ketones (excluding diaryl/α,β-unsaturated/α-hetero) is 1. The molecule has 0 aromatic heterocycles. The number of rotatable bonds is 6. The van der Waals surface area contributed by atoms with Crippen molar-refractivity contribution in [2.24, 2.45) is 28.7 Å². The summed E-state index contributed by atoms with van der Waals surface area (Å²) >= 11 is 0. The van der Waals surface area contributed by atoms with Crippen molar-refractivity contribution in [1.82, 2.24) is 9.80 Å². The maximum atomic E-state index is 13.8. The second kappa shape index (κ2) is 14.7. The minimum absolute atomic E-state index is 0.0114. The molecule has 4 aliphatic heterocycles. The van der Waals surface area contributed by atoms with Crippen LogP contribution in [0, 0.1) is 36.0 Å². The number of aliphatic hydroxyl groups excluding tert-OH is 1. The summed E-state index contributed by atoms with van der Waals surface area (Å²) in [5.74, 6) is -0.423. The van der Waals surface area contributed by atoms with E-state index in [1.165, 1.54) is 0 Å². The molecule has 3 saturated heterocycles. The van der Waals surface area contributed by atoms with Gasteiger partial charge in [0.2, 0.25) is 0 Å². The van der Waals surface area contributed by atoms with Crippen molar-refractivity contribution in [1.29, 1.82) is 0 Å². The molecule has 3 fully saturated rings. The second-order valence-corrected chi connectivity index (χ2v) is 13.9. The first-order valence-corrected chi connectivity index (χ1v) is 16.6. The zero-order valence-corrected chi connectivity index (χ0v) is 28.8. The Balaban J connectivity index is 1.80. The number of hydrogen-bond donors (Lipinski definition) is 1. The van der Waals surface area contributed by atoms with Gasteiger partial charge in [0, 0.05) is 42.0 Å². The van der Waals surface area contributed by atoms with E-state index in [1.54, 1.807) is 18.7 Å². The SMILES string of the molecule is C#CCO[C@@H]1[C@H](C)[C@H](O[C@@H]2O[C@H](C)C[C@H](N(C)C)[C@H]2O)[C@@H](C)C(=O)CC(=O)O[C@H](CC)[C@@]2(C)OC(=O)N3CCN=C([C@H](C)C32)[C@@H]1C. The molecule has 12 nitrogen and oxygen atoms in total.